The number of carbonyl (C=O) groups excluding carboxylic acids is 2. The summed E-state index contributed by atoms with van der Waals surface area (Å²) in [6.07, 6.45) is 0. The van der Waals surface area contributed by atoms with Crippen molar-refractivity contribution in [3.05, 3.63) is 119 Å². The topological polar surface area (TPSA) is 34.1 Å². The Morgan fingerprint density at radius 3 is 1.32 bits per heavy atom. The number of fused-ring (bicyclic) bond motifs is 1. The molecule has 0 unspecified atom stereocenters. The molecule has 4 aromatic rings. The SMILES string of the molecule is O=C(c1ccc2cc(C(=O)c3ccccc3F)ccc2c1)c1ccccc1F. The molecule has 0 fully saturated rings. The van der Waals surface area contributed by atoms with E-state index in [2.05, 4.69) is 0 Å². The van der Waals surface area contributed by atoms with Crippen molar-refractivity contribution in [2.75, 3.05) is 0 Å². The molecule has 0 aliphatic carbocycles. The number of hydrogen-bond donors (Lipinski definition) is 0. The van der Waals surface area contributed by atoms with Crippen molar-refractivity contribution in [1.82, 2.24) is 0 Å². The molecule has 0 saturated carbocycles. The summed E-state index contributed by atoms with van der Waals surface area (Å²) in [6, 6.07) is 21.5. The molecule has 0 aliphatic rings. The molecule has 0 amide bonds. The molecule has 4 rings (SSSR count). The van der Waals surface area contributed by atoms with E-state index in [1.807, 2.05) is 0 Å². The van der Waals surface area contributed by atoms with Crippen LogP contribution < -0.4 is 0 Å². The first-order chi connectivity index (χ1) is 13.5. The third-order valence-electron chi connectivity index (χ3n) is 4.60. The van der Waals surface area contributed by atoms with Crippen LogP contribution in [0.1, 0.15) is 31.8 Å². The summed E-state index contributed by atoms with van der Waals surface area (Å²) in [5.41, 5.74) is 0.720. The van der Waals surface area contributed by atoms with Gasteiger partial charge in [-0.25, -0.2) is 8.78 Å². The van der Waals surface area contributed by atoms with Crippen LogP contribution in [0.25, 0.3) is 10.8 Å². The van der Waals surface area contributed by atoms with Crippen molar-refractivity contribution in [3.8, 4) is 0 Å². The molecule has 0 N–H and O–H groups in total. The highest BCUT2D eigenvalue weighted by Crippen LogP contribution is 2.23. The van der Waals surface area contributed by atoms with Crippen LogP contribution in [0, 0.1) is 11.6 Å². The van der Waals surface area contributed by atoms with Crippen LogP contribution in [-0.4, -0.2) is 11.6 Å². The average Bonchev–Trinajstić information content (AvgIpc) is 2.72. The van der Waals surface area contributed by atoms with Gasteiger partial charge in [0.25, 0.3) is 0 Å². The summed E-state index contributed by atoms with van der Waals surface area (Å²) in [6.45, 7) is 0. The van der Waals surface area contributed by atoms with Gasteiger partial charge in [0.1, 0.15) is 11.6 Å². The second kappa shape index (κ2) is 7.16. The molecular formula is C24H14F2O2. The van der Waals surface area contributed by atoms with Gasteiger partial charge in [0, 0.05) is 11.1 Å². The van der Waals surface area contributed by atoms with Gasteiger partial charge in [0.2, 0.25) is 0 Å². The lowest BCUT2D eigenvalue weighted by molar-refractivity contribution is 0.102. The van der Waals surface area contributed by atoms with Crippen LogP contribution in [-0.2, 0) is 0 Å². The number of ketones is 2. The molecule has 2 nitrogen and oxygen atoms in total. The normalized spacial score (nSPS) is 10.8. The van der Waals surface area contributed by atoms with E-state index in [1.54, 1.807) is 48.5 Å². The van der Waals surface area contributed by atoms with E-state index in [4.69, 9.17) is 0 Å². The lowest BCUT2D eigenvalue weighted by atomic mass is 9.96. The van der Waals surface area contributed by atoms with Gasteiger partial charge in [0.05, 0.1) is 11.1 Å². The minimum Gasteiger partial charge on any atom is -0.288 e. The van der Waals surface area contributed by atoms with Crippen LogP contribution in [0.5, 0.6) is 0 Å². The Balaban J connectivity index is 1.70. The van der Waals surface area contributed by atoms with Crippen LogP contribution in [0.15, 0.2) is 84.9 Å². The van der Waals surface area contributed by atoms with E-state index in [9.17, 15) is 18.4 Å². The maximum absolute atomic E-state index is 13.9. The third-order valence-corrected chi connectivity index (χ3v) is 4.60. The van der Waals surface area contributed by atoms with Gasteiger partial charge < -0.3 is 0 Å². The molecule has 0 heterocycles. The second-order valence-corrected chi connectivity index (χ2v) is 6.39. The molecule has 4 aromatic carbocycles. The van der Waals surface area contributed by atoms with Gasteiger partial charge in [0.15, 0.2) is 11.6 Å². The fourth-order valence-electron chi connectivity index (χ4n) is 3.13. The molecule has 0 atom stereocenters. The van der Waals surface area contributed by atoms with Gasteiger partial charge in [-0.05, 0) is 47.2 Å². The summed E-state index contributed by atoms with van der Waals surface area (Å²) >= 11 is 0. The highest BCUT2D eigenvalue weighted by molar-refractivity contribution is 6.13. The maximum atomic E-state index is 13.9. The Morgan fingerprint density at radius 2 is 0.929 bits per heavy atom. The maximum Gasteiger partial charge on any atom is 0.195 e. The van der Waals surface area contributed by atoms with E-state index in [0.29, 0.717) is 11.1 Å². The van der Waals surface area contributed by atoms with E-state index in [-0.39, 0.29) is 11.1 Å². The van der Waals surface area contributed by atoms with E-state index in [0.717, 1.165) is 10.8 Å². The highest BCUT2D eigenvalue weighted by atomic mass is 19.1. The number of halogens is 2. The number of carbonyl (C=O) groups is 2. The molecule has 0 aromatic heterocycles. The summed E-state index contributed by atoms with van der Waals surface area (Å²) in [4.78, 5) is 25.1. The smallest absolute Gasteiger partial charge is 0.195 e. The number of benzene rings is 4. The predicted molar refractivity (Wildman–Crippen MR) is 104 cm³/mol. The quantitative estimate of drug-likeness (QED) is 0.438. The molecule has 0 aliphatic heterocycles. The van der Waals surface area contributed by atoms with E-state index in [1.165, 1.54) is 36.4 Å². The Bertz CT molecular complexity index is 1130. The first-order valence-corrected chi connectivity index (χ1v) is 8.67. The lowest BCUT2D eigenvalue weighted by Crippen LogP contribution is -2.05. The van der Waals surface area contributed by atoms with Crippen molar-refractivity contribution < 1.29 is 18.4 Å². The number of hydrogen-bond acceptors (Lipinski definition) is 2. The Labute approximate surface area is 160 Å². The van der Waals surface area contributed by atoms with Gasteiger partial charge >= 0.3 is 0 Å². The van der Waals surface area contributed by atoms with Crippen LogP contribution in [0.2, 0.25) is 0 Å². The zero-order valence-electron chi connectivity index (χ0n) is 14.7. The first-order valence-electron chi connectivity index (χ1n) is 8.67. The molecule has 4 heteroatoms. The standard InChI is InChI=1S/C24H14F2O2/c25-21-7-3-1-5-19(21)23(27)17-11-9-16-14-18(12-10-15(16)13-17)24(28)20-6-2-4-8-22(20)26/h1-14H. The summed E-state index contributed by atoms with van der Waals surface area (Å²) in [7, 11) is 0. The van der Waals surface area contributed by atoms with Crippen LogP contribution >= 0.6 is 0 Å². The van der Waals surface area contributed by atoms with Crippen LogP contribution in [0.4, 0.5) is 8.78 Å². The van der Waals surface area contributed by atoms with Crippen molar-refractivity contribution in [1.29, 1.82) is 0 Å². The zero-order valence-corrected chi connectivity index (χ0v) is 14.7. The predicted octanol–water partition coefficient (Wildman–Crippen LogP) is 5.58. The van der Waals surface area contributed by atoms with E-state index >= 15 is 0 Å². The summed E-state index contributed by atoms with van der Waals surface area (Å²) in [5.74, 6) is -1.96. The molecule has 0 spiro atoms. The molecule has 0 saturated heterocycles. The number of rotatable bonds is 4. The van der Waals surface area contributed by atoms with Gasteiger partial charge in [-0.1, -0.05) is 48.5 Å². The molecule has 28 heavy (non-hydrogen) atoms. The van der Waals surface area contributed by atoms with Gasteiger partial charge in [-0.2, -0.15) is 0 Å². The molecular weight excluding hydrogens is 358 g/mol. The molecule has 0 bridgehead atoms. The largest absolute Gasteiger partial charge is 0.288 e. The van der Waals surface area contributed by atoms with Crippen molar-refractivity contribution in [3.63, 3.8) is 0 Å². The van der Waals surface area contributed by atoms with Gasteiger partial charge in [-0.3, -0.25) is 9.59 Å². The Kier molecular flexibility index (Phi) is 4.53. The summed E-state index contributed by atoms with van der Waals surface area (Å²) < 4.78 is 27.8. The van der Waals surface area contributed by atoms with E-state index < -0.39 is 23.2 Å². The minimum atomic E-state index is -0.571. The first kappa shape index (κ1) is 17.7. The summed E-state index contributed by atoms with van der Waals surface area (Å²) in [5, 5.41) is 1.46. The van der Waals surface area contributed by atoms with Crippen LogP contribution in [0.3, 0.4) is 0 Å². The third kappa shape index (κ3) is 3.21. The second-order valence-electron chi connectivity index (χ2n) is 6.39. The van der Waals surface area contributed by atoms with Crippen molar-refractivity contribution in [2.45, 2.75) is 0 Å². The van der Waals surface area contributed by atoms with Crippen molar-refractivity contribution in [2.24, 2.45) is 0 Å². The van der Waals surface area contributed by atoms with Crippen molar-refractivity contribution >= 4 is 22.3 Å². The van der Waals surface area contributed by atoms with Gasteiger partial charge in [-0.15, -0.1) is 0 Å². The Hall–Kier alpha value is -3.66. The highest BCUT2D eigenvalue weighted by Gasteiger charge is 2.16. The average molecular weight is 372 g/mol. The fourth-order valence-corrected chi connectivity index (χ4v) is 3.13. The lowest BCUT2D eigenvalue weighted by Gasteiger charge is -2.07. The molecule has 136 valence electrons. The minimum absolute atomic E-state index is 0.00759. The fraction of sp³-hybridized carbons (Fsp3) is 0. The zero-order chi connectivity index (χ0) is 19.7. The monoisotopic (exact) mass is 372 g/mol. The molecule has 0 radical (unpaired) electrons. The Morgan fingerprint density at radius 1 is 0.536 bits per heavy atom.